The number of nitrogens with two attached hydrogens (primary N) is 1. The Labute approximate surface area is 335 Å². The first-order chi connectivity index (χ1) is 27.0. The molecule has 2 heterocycles. The first-order valence-electron chi connectivity index (χ1n) is 22.9. The van der Waals surface area contributed by atoms with Crippen LogP contribution in [0.5, 0.6) is 0 Å². The molecule has 8 nitrogen and oxygen atoms in total. The van der Waals surface area contributed by atoms with E-state index in [0.29, 0.717) is 54.1 Å². The fraction of sp³-hybridized carbons (Fsp3) is 0.771. The zero-order chi connectivity index (χ0) is 38.7. The number of epoxide rings is 1. The molecule has 6 N–H and O–H groups in total. The number of aliphatic imine (C=N–C) groups is 1. The molecule has 9 rings (SSSR count). The van der Waals surface area contributed by atoms with Crippen LogP contribution in [0, 0.1) is 46.3 Å². The fourth-order valence-corrected chi connectivity index (χ4v) is 14.6. The van der Waals surface area contributed by atoms with E-state index in [9.17, 15) is 15.3 Å². The predicted molar refractivity (Wildman–Crippen MR) is 222 cm³/mol. The lowest BCUT2D eigenvalue weighted by Crippen LogP contribution is -2.57. The third-order valence-electron chi connectivity index (χ3n) is 17.4. The molecule has 7 fully saturated rings. The molecular formula is C48H71N3O5. The highest BCUT2D eigenvalue weighted by atomic mass is 16.6. The molecule has 2 aromatic rings. The molecule has 0 radical (unpaired) electrons. The highest BCUT2D eigenvalue weighted by molar-refractivity contribution is 5.84. The van der Waals surface area contributed by atoms with Crippen molar-refractivity contribution in [2.45, 2.75) is 178 Å². The van der Waals surface area contributed by atoms with E-state index in [1.165, 1.54) is 81.8 Å². The van der Waals surface area contributed by atoms with Crippen molar-refractivity contribution in [1.82, 2.24) is 5.32 Å². The van der Waals surface area contributed by atoms with Gasteiger partial charge in [-0.15, -0.1) is 0 Å². The highest BCUT2D eigenvalue weighted by Crippen LogP contribution is 2.72. The second-order valence-electron chi connectivity index (χ2n) is 20.7. The number of guanidine groups is 1. The van der Waals surface area contributed by atoms with Gasteiger partial charge in [0.1, 0.15) is 6.23 Å². The van der Waals surface area contributed by atoms with E-state index in [-0.39, 0.29) is 23.0 Å². The lowest BCUT2D eigenvalue weighted by Gasteiger charge is -2.64. The molecule has 0 unspecified atom stereocenters. The molecule has 56 heavy (non-hydrogen) atoms. The van der Waals surface area contributed by atoms with Gasteiger partial charge in [-0.05, 0) is 163 Å². The maximum absolute atomic E-state index is 11.5. The molecule has 0 amide bonds. The summed E-state index contributed by atoms with van der Waals surface area (Å²) in [5.41, 5.74) is 8.85. The van der Waals surface area contributed by atoms with Gasteiger partial charge in [-0.2, -0.15) is 0 Å². The zero-order valence-electron chi connectivity index (χ0n) is 34.2. The molecule has 308 valence electrons. The van der Waals surface area contributed by atoms with Crippen molar-refractivity contribution in [3.05, 3.63) is 48.4 Å². The van der Waals surface area contributed by atoms with Crippen molar-refractivity contribution in [2.75, 3.05) is 6.54 Å². The summed E-state index contributed by atoms with van der Waals surface area (Å²) in [6.07, 6.45) is 27.1. The number of benzene rings is 1. The van der Waals surface area contributed by atoms with Gasteiger partial charge >= 0.3 is 0 Å². The van der Waals surface area contributed by atoms with Crippen LogP contribution in [0.2, 0.25) is 0 Å². The minimum Gasteiger partial charge on any atom is -0.471 e. The third kappa shape index (κ3) is 7.30. The number of hydrogen-bond donors (Lipinski definition) is 5. The first kappa shape index (κ1) is 39.1. The van der Waals surface area contributed by atoms with Crippen LogP contribution in [0.25, 0.3) is 10.8 Å². The quantitative estimate of drug-likeness (QED) is 0.0535. The summed E-state index contributed by atoms with van der Waals surface area (Å²) in [5, 5.41) is 38.6. The van der Waals surface area contributed by atoms with Gasteiger partial charge in [0.2, 0.25) is 0 Å². The topological polar surface area (TPSA) is 137 Å². The second-order valence-corrected chi connectivity index (χ2v) is 20.7. The van der Waals surface area contributed by atoms with Crippen LogP contribution >= 0.6 is 0 Å². The SMILES string of the molecule is C=C1C[C@@]2(CC[C@H](CC[C@]3(O)CCC[C@H](O)C3)C2)[C@@H]2O[C@]2(C)CC[C@H]2[C@@H]1C[C@]2(C1CCCCC1)[C@H]1CC[C@H]([C@H](O)NC(N)=NCCc2cccc3cocc23)C1. The third-order valence-corrected chi connectivity index (χ3v) is 17.4. The number of aliphatic hydroxyl groups is 3. The van der Waals surface area contributed by atoms with Crippen molar-refractivity contribution >= 4 is 16.7 Å². The van der Waals surface area contributed by atoms with E-state index in [1.54, 1.807) is 12.5 Å². The Balaban J connectivity index is 0.861. The Morgan fingerprint density at radius 2 is 1.84 bits per heavy atom. The number of hydrogen-bond acceptors (Lipinski definition) is 6. The Morgan fingerprint density at radius 3 is 2.68 bits per heavy atom. The number of nitrogens with zero attached hydrogens (tertiary/aromatic N) is 1. The molecular weight excluding hydrogens is 699 g/mol. The molecule has 6 aliphatic carbocycles. The Hall–Kier alpha value is -2.39. The van der Waals surface area contributed by atoms with Gasteiger partial charge in [-0.25, -0.2) is 0 Å². The van der Waals surface area contributed by atoms with Gasteiger partial charge in [0.25, 0.3) is 0 Å². The van der Waals surface area contributed by atoms with E-state index < -0.39 is 11.8 Å². The highest BCUT2D eigenvalue weighted by Gasteiger charge is 2.68. The summed E-state index contributed by atoms with van der Waals surface area (Å²) in [4.78, 5) is 4.62. The van der Waals surface area contributed by atoms with Crippen LogP contribution in [0.3, 0.4) is 0 Å². The van der Waals surface area contributed by atoms with E-state index in [1.807, 2.05) is 0 Å². The molecule has 1 saturated heterocycles. The van der Waals surface area contributed by atoms with E-state index >= 15 is 0 Å². The Morgan fingerprint density at radius 1 is 0.982 bits per heavy atom. The van der Waals surface area contributed by atoms with E-state index in [2.05, 4.69) is 35.4 Å². The predicted octanol–water partition coefficient (Wildman–Crippen LogP) is 8.95. The van der Waals surface area contributed by atoms with E-state index in [0.717, 1.165) is 80.9 Å². The summed E-state index contributed by atoms with van der Waals surface area (Å²) in [6, 6.07) is 6.22. The van der Waals surface area contributed by atoms with Crippen molar-refractivity contribution in [1.29, 1.82) is 0 Å². The van der Waals surface area contributed by atoms with Crippen LogP contribution in [0.4, 0.5) is 0 Å². The van der Waals surface area contributed by atoms with E-state index in [4.69, 9.17) is 21.5 Å². The van der Waals surface area contributed by atoms with Crippen LogP contribution in [0.15, 0.2) is 52.3 Å². The number of aliphatic hydroxyl groups excluding tert-OH is 2. The molecule has 1 aliphatic heterocycles. The molecule has 12 atom stereocenters. The van der Waals surface area contributed by atoms with Crippen molar-refractivity contribution < 1.29 is 24.5 Å². The fourth-order valence-electron chi connectivity index (χ4n) is 14.6. The first-order valence-corrected chi connectivity index (χ1v) is 22.9. The molecule has 0 bridgehead atoms. The lowest BCUT2D eigenvalue weighted by atomic mass is 9.40. The minimum atomic E-state index is -0.690. The Bertz CT molecular complexity index is 1750. The summed E-state index contributed by atoms with van der Waals surface area (Å²) in [7, 11) is 0. The number of furan rings is 1. The molecule has 1 aromatic heterocycles. The van der Waals surface area contributed by atoms with Crippen molar-refractivity contribution in [2.24, 2.45) is 57.1 Å². The number of fused-ring (bicyclic) bond motifs is 4. The van der Waals surface area contributed by atoms with Gasteiger partial charge in [0.05, 0.1) is 35.9 Å². The van der Waals surface area contributed by atoms with Crippen LogP contribution < -0.4 is 11.1 Å². The summed E-state index contributed by atoms with van der Waals surface area (Å²) >= 11 is 0. The van der Waals surface area contributed by atoms with Gasteiger partial charge in [0, 0.05) is 35.1 Å². The largest absolute Gasteiger partial charge is 0.471 e. The molecule has 1 spiro atoms. The number of nitrogens with one attached hydrogen (secondary N) is 1. The number of allylic oxidation sites excluding steroid dienone is 1. The Kier molecular flexibility index (Phi) is 10.7. The number of rotatable bonds is 10. The summed E-state index contributed by atoms with van der Waals surface area (Å²) in [6.45, 7) is 7.94. The van der Waals surface area contributed by atoms with Gasteiger partial charge < -0.3 is 35.5 Å². The van der Waals surface area contributed by atoms with Gasteiger partial charge in [-0.3, -0.25) is 4.99 Å². The van der Waals surface area contributed by atoms with Crippen molar-refractivity contribution in [3.63, 3.8) is 0 Å². The second kappa shape index (κ2) is 15.3. The standard InChI is InChI=1S/C48H71N3O5/c1-31-25-46(21-15-32(26-46)16-22-47(54)19-7-12-38(52)27-47)43-45(2,56-43)20-17-41-39(31)28-48(41,36-10-4-3-5-11-36)37-14-13-34(24-37)42(53)51-44(49)50-23-18-33-8-6-9-35-29-55-30-40(33)35/h6,8-9,29-30,32,34,36-39,41-43,52-54H,1,3-5,7,10-28H2,2H3,(H3,49,50,51)/t32-,34+,37+,38+,39-,41+,42+,43-,45-,46-,47-,48+/m1/s1. The number of ether oxygens (including phenoxy) is 1. The minimum absolute atomic E-state index is 0.0378. The van der Waals surface area contributed by atoms with Crippen LogP contribution in [0.1, 0.15) is 147 Å². The summed E-state index contributed by atoms with van der Waals surface area (Å²) < 4.78 is 12.3. The van der Waals surface area contributed by atoms with Gasteiger partial charge in [-0.1, -0.05) is 49.6 Å². The van der Waals surface area contributed by atoms with Crippen LogP contribution in [-0.4, -0.2) is 57.5 Å². The average Bonchev–Trinajstić information content (AvgIpc) is 3.63. The zero-order valence-corrected chi connectivity index (χ0v) is 34.2. The molecule has 1 aromatic carbocycles. The van der Waals surface area contributed by atoms with Crippen molar-refractivity contribution in [3.8, 4) is 0 Å². The molecule has 7 aliphatic rings. The molecule has 6 saturated carbocycles. The monoisotopic (exact) mass is 770 g/mol. The normalized spacial score (nSPS) is 42.4. The van der Waals surface area contributed by atoms with Gasteiger partial charge in [0.15, 0.2) is 5.96 Å². The van der Waals surface area contributed by atoms with Crippen LogP contribution in [-0.2, 0) is 11.2 Å². The average molecular weight is 770 g/mol. The maximum Gasteiger partial charge on any atom is 0.190 e. The molecule has 8 heteroatoms. The maximum atomic E-state index is 11.5. The lowest BCUT2D eigenvalue weighted by molar-refractivity contribution is -0.139. The summed E-state index contributed by atoms with van der Waals surface area (Å²) in [5.74, 6) is 3.75. The smallest absolute Gasteiger partial charge is 0.190 e.